The highest BCUT2D eigenvalue weighted by Gasteiger charge is 2.24. The summed E-state index contributed by atoms with van der Waals surface area (Å²) >= 11 is 0. The minimum absolute atomic E-state index is 0.0130. The highest BCUT2D eigenvalue weighted by Crippen LogP contribution is 2.27. The van der Waals surface area contributed by atoms with Crippen molar-refractivity contribution in [3.05, 3.63) is 23.8 Å². The van der Waals surface area contributed by atoms with Gasteiger partial charge in [-0.15, -0.1) is 0 Å². The average molecular weight is 382 g/mol. The fraction of sp³-hybridized carbons (Fsp3) is 0.500. The van der Waals surface area contributed by atoms with Crippen LogP contribution in [0, 0.1) is 0 Å². The molecule has 9 heteroatoms. The van der Waals surface area contributed by atoms with Gasteiger partial charge in [0.2, 0.25) is 5.91 Å². The molecule has 0 radical (unpaired) electrons. The van der Waals surface area contributed by atoms with Crippen molar-refractivity contribution in [2.75, 3.05) is 20.8 Å². The summed E-state index contributed by atoms with van der Waals surface area (Å²) in [6.45, 7) is 4.70. The number of aliphatic carboxylic acids is 1. The lowest BCUT2D eigenvalue weighted by Crippen LogP contribution is -2.49. The molecule has 1 atom stereocenters. The van der Waals surface area contributed by atoms with Crippen molar-refractivity contribution >= 4 is 18.0 Å². The van der Waals surface area contributed by atoms with E-state index in [2.05, 4.69) is 10.6 Å². The van der Waals surface area contributed by atoms with Gasteiger partial charge in [0.25, 0.3) is 0 Å². The summed E-state index contributed by atoms with van der Waals surface area (Å²) in [5.74, 6) is -0.668. The molecule has 2 amide bonds. The van der Waals surface area contributed by atoms with E-state index in [4.69, 9.17) is 14.2 Å². The fourth-order valence-electron chi connectivity index (χ4n) is 2.10. The van der Waals surface area contributed by atoms with E-state index in [1.165, 1.54) is 14.2 Å². The molecule has 1 rings (SSSR count). The number of ether oxygens (including phenoxy) is 3. The van der Waals surface area contributed by atoms with E-state index in [-0.39, 0.29) is 13.0 Å². The SMILES string of the molecule is COc1ccc(CC(=O)NC[C@H](NC(=O)OC(C)(C)C)C(=O)O)cc1OC. The van der Waals surface area contributed by atoms with Crippen LogP contribution in [-0.4, -0.2) is 55.5 Å². The Labute approximate surface area is 158 Å². The van der Waals surface area contributed by atoms with Gasteiger partial charge < -0.3 is 30.0 Å². The maximum Gasteiger partial charge on any atom is 0.408 e. The number of hydrogen-bond donors (Lipinski definition) is 3. The standard InChI is InChI=1S/C18H26N2O7/c1-18(2,3)27-17(24)20-12(16(22)23)10-19-15(21)9-11-6-7-13(25-4)14(8-11)26-5/h6-8,12H,9-10H2,1-5H3,(H,19,21)(H,20,24)(H,22,23)/t12-/m0/s1. The van der Waals surface area contributed by atoms with E-state index in [0.717, 1.165) is 0 Å². The second-order valence-electron chi connectivity index (χ2n) is 6.71. The summed E-state index contributed by atoms with van der Waals surface area (Å²) in [5.41, 5.74) is -0.0961. The summed E-state index contributed by atoms with van der Waals surface area (Å²) in [7, 11) is 3.00. The minimum atomic E-state index is -1.31. The first-order chi connectivity index (χ1) is 12.6. The molecule has 150 valence electrons. The van der Waals surface area contributed by atoms with Crippen LogP contribution >= 0.6 is 0 Å². The first kappa shape index (κ1) is 22.1. The van der Waals surface area contributed by atoms with Crippen LogP contribution in [0.3, 0.4) is 0 Å². The summed E-state index contributed by atoms with van der Waals surface area (Å²) in [6.07, 6.45) is -0.858. The Morgan fingerprint density at radius 3 is 2.26 bits per heavy atom. The Hall–Kier alpha value is -2.97. The summed E-state index contributed by atoms with van der Waals surface area (Å²) < 4.78 is 15.3. The van der Waals surface area contributed by atoms with Crippen LogP contribution in [0.4, 0.5) is 4.79 Å². The van der Waals surface area contributed by atoms with Crippen molar-refractivity contribution < 1.29 is 33.7 Å². The van der Waals surface area contributed by atoms with E-state index in [1.807, 2.05) is 0 Å². The Morgan fingerprint density at radius 1 is 1.11 bits per heavy atom. The second kappa shape index (κ2) is 9.65. The highest BCUT2D eigenvalue weighted by atomic mass is 16.6. The molecule has 0 bridgehead atoms. The molecule has 0 aliphatic heterocycles. The molecule has 9 nitrogen and oxygen atoms in total. The van der Waals surface area contributed by atoms with Crippen molar-refractivity contribution in [1.82, 2.24) is 10.6 Å². The number of amides is 2. The predicted octanol–water partition coefficient (Wildman–Crippen LogP) is 1.34. The summed E-state index contributed by atoms with van der Waals surface area (Å²) in [5, 5.41) is 13.9. The molecule has 3 N–H and O–H groups in total. The zero-order chi connectivity index (χ0) is 20.6. The number of hydrogen-bond acceptors (Lipinski definition) is 6. The fourth-order valence-corrected chi connectivity index (χ4v) is 2.10. The quantitative estimate of drug-likeness (QED) is 0.620. The van der Waals surface area contributed by atoms with Crippen LogP contribution in [0.15, 0.2) is 18.2 Å². The smallest absolute Gasteiger partial charge is 0.408 e. The van der Waals surface area contributed by atoms with Gasteiger partial charge in [-0.2, -0.15) is 0 Å². The number of carboxylic acids is 1. The number of nitrogens with one attached hydrogen (secondary N) is 2. The topological polar surface area (TPSA) is 123 Å². The van der Waals surface area contributed by atoms with Gasteiger partial charge in [0, 0.05) is 6.54 Å². The van der Waals surface area contributed by atoms with E-state index >= 15 is 0 Å². The van der Waals surface area contributed by atoms with Crippen molar-refractivity contribution in [2.24, 2.45) is 0 Å². The van der Waals surface area contributed by atoms with Crippen LogP contribution < -0.4 is 20.1 Å². The number of benzene rings is 1. The molecule has 0 aliphatic rings. The highest BCUT2D eigenvalue weighted by molar-refractivity contribution is 5.82. The molecular formula is C18H26N2O7. The Morgan fingerprint density at radius 2 is 1.74 bits per heavy atom. The van der Waals surface area contributed by atoms with Crippen LogP contribution in [0.1, 0.15) is 26.3 Å². The van der Waals surface area contributed by atoms with Gasteiger partial charge in [-0.1, -0.05) is 6.07 Å². The molecule has 0 fully saturated rings. The monoisotopic (exact) mass is 382 g/mol. The molecule has 0 aromatic heterocycles. The lowest BCUT2D eigenvalue weighted by Gasteiger charge is -2.22. The Kier molecular flexibility index (Phi) is 7.89. The lowest BCUT2D eigenvalue weighted by molar-refractivity contribution is -0.139. The number of carboxylic acid groups (broad SMARTS) is 1. The van der Waals surface area contributed by atoms with Crippen molar-refractivity contribution in [3.8, 4) is 11.5 Å². The van der Waals surface area contributed by atoms with Crippen LogP contribution in [0.5, 0.6) is 11.5 Å². The van der Waals surface area contributed by atoms with Gasteiger partial charge in [0.15, 0.2) is 11.5 Å². The summed E-state index contributed by atoms with van der Waals surface area (Å²) in [6, 6.07) is 3.72. The molecule has 0 saturated heterocycles. The Balaban J connectivity index is 2.62. The molecule has 27 heavy (non-hydrogen) atoms. The first-order valence-electron chi connectivity index (χ1n) is 8.25. The third kappa shape index (κ3) is 7.85. The minimum Gasteiger partial charge on any atom is -0.493 e. The predicted molar refractivity (Wildman–Crippen MR) is 97.1 cm³/mol. The van der Waals surface area contributed by atoms with Crippen LogP contribution in [0.25, 0.3) is 0 Å². The van der Waals surface area contributed by atoms with Crippen molar-refractivity contribution in [1.29, 1.82) is 0 Å². The van der Waals surface area contributed by atoms with E-state index in [1.54, 1.807) is 39.0 Å². The van der Waals surface area contributed by atoms with Crippen molar-refractivity contribution in [3.63, 3.8) is 0 Å². The molecular weight excluding hydrogens is 356 g/mol. The lowest BCUT2D eigenvalue weighted by atomic mass is 10.1. The van der Waals surface area contributed by atoms with Crippen LogP contribution in [-0.2, 0) is 20.7 Å². The van der Waals surface area contributed by atoms with E-state index in [9.17, 15) is 19.5 Å². The zero-order valence-corrected chi connectivity index (χ0v) is 16.1. The molecule has 1 aromatic carbocycles. The Bertz CT molecular complexity index is 683. The van der Waals surface area contributed by atoms with Gasteiger partial charge in [0.05, 0.1) is 20.6 Å². The average Bonchev–Trinajstić information content (AvgIpc) is 2.56. The second-order valence-corrected chi connectivity index (χ2v) is 6.71. The molecule has 0 spiro atoms. The van der Waals surface area contributed by atoms with Crippen LogP contribution in [0.2, 0.25) is 0 Å². The largest absolute Gasteiger partial charge is 0.493 e. The van der Waals surface area contributed by atoms with E-state index in [0.29, 0.717) is 17.1 Å². The molecule has 0 heterocycles. The molecule has 0 unspecified atom stereocenters. The maximum absolute atomic E-state index is 12.1. The van der Waals surface area contributed by atoms with Gasteiger partial charge in [-0.05, 0) is 38.5 Å². The third-order valence-corrected chi connectivity index (χ3v) is 3.31. The first-order valence-corrected chi connectivity index (χ1v) is 8.25. The molecule has 0 saturated carbocycles. The van der Waals surface area contributed by atoms with Crippen molar-refractivity contribution in [2.45, 2.75) is 38.8 Å². The number of alkyl carbamates (subject to hydrolysis) is 1. The van der Waals surface area contributed by atoms with Gasteiger partial charge in [-0.3, -0.25) is 4.79 Å². The van der Waals surface area contributed by atoms with Gasteiger partial charge >= 0.3 is 12.1 Å². The third-order valence-electron chi connectivity index (χ3n) is 3.31. The summed E-state index contributed by atoms with van der Waals surface area (Å²) in [4.78, 5) is 35.1. The number of methoxy groups -OCH3 is 2. The number of carbonyl (C=O) groups excluding carboxylic acids is 2. The molecule has 0 aliphatic carbocycles. The van der Waals surface area contributed by atoms with Gasteiger partial charge in [-0.25, -0.2) is 9.59 Å². The number of carbonyl (C=O) groups is 3. The normalized spacial score (nSPS) is 11.9. The molecule has 1 aromatic rings. The number of rotatable bonds is 8. The maximum atomic E-state index is 12.1. The van der Waals surface area contributed by atoms with Gasteiger partial charge in [0.1, 0.15) is 11.6 Å². The van der Waals surface area contributed by atoms with E-state index < -0.39 is 29.6 Å². The zero-order valence-electron chi connectivity index (χ0n) is 16.1.